The maximum Gasteiger partial charge on any atom is 0.271 e. The average molecular weight is 285 g/mol. The summed E-state index contributed by atoms with van der Waals surface area (Å²) in [5.74, 6) is 0.373. The summed E-state index contributed by atoms with van der Waals surface area (Å²) in [6.45, 7) is 3.06. The number of carbonyl (C=O) groups is 1. The summed E-state index contributed by atoms with van der Waals surface area (Å²) in [5, 5.41) is 13.7. The fourth-order valence-corrected chi connectivity index (χ4v) is 1.84. The van der Waals surface area contributed by atoms with Gasteiger partial charge >= 0.3 is 0 Å². The number of hydrogen-bond donors (Lipinski definition) is 3. The van der Waals surface area contributed by atoms with Gasteiger partial charge in [0.05, 0.1) is 0 Å². The van der Waals surface area contributed by atoms with Gasteiger partial charge in [0, 0.05) is 12.2 Å². The Balaban J connectivity index is 2.01. The standard InChI is InChI=1S/C15H19N5O/c1-2-17-15(21)13-7-8-14(20-19-13)18-12-5-3-11(4-6-12)9-10-16/h3-8H,2,9-10,16H2,1H3,(H,17,21)(H,18,20). The molecule has 1 aromatic heterocycles. The van der Waals surface area contributed by atoms with Crippen molar-refractivity contribution in [3.05, 3.63) is 47.7 Å². The number of aromatic nitrogens is 2. The summed E-state index contributed by atoms with van der Waals surface area (Å²) in [4.78, 5) is 11.6. The quantitative estimate of drug-likeness (QED) is 0.747. The number of nitrogens with one attached hydrogen (secondary N) is 2. The normalized spacial score (nSPS) is 10.2. The van der Waals surface area contributed by atoms with Crippen LogP contribution in [-0.4, -0.2) is 29.2 Å². The third kappa shape index (κ3) is 4.25. The molecule has 0 fully saturated rings. The van der Waals surface area contributed by atoms with E-state index in [1.165, 1.54) is 5.56 Å². The number of amides is 1. The second kappa shape index (κ2) is 7.35. The van der Waals surface area contributed by atoms with E-state index >= 15 is 0 Å². The molecule has 0 bridgehead atoms. The van der Waals surface area contributed by atoms with Crippen LogP contribution in [-0.2, 0) is 6.42 Å². The monoisotopic (exact) mass is 285 g/mol. The van der Waals surface area contributed by atoms with Gasteiger partial charge in [0.15, 0.2) is 11.5 Å². The molecule has 0 aliphatic rings. The Hall–Kier alpha value is -2.47. The number of hydrogen-bond acceptors (Lipinski definition) is 5. The van der Waals surface area contributed by atoms with Crippen LogP contribution in [0.5, 0.6) is 0 Å². The highest BCUT2D eigenvalue weighted by molar-refractivity contribution is 5.92. The van der Waals surface area contributed by atoms with E-state index in [4.69, 9.17) is 5.73 Å². The molecule has 1 heterocycles. The van der Waals surface area contributed by atoms with Crippen molar-refractivity contribution in [1.29, 1.82) is 0 Å². The summed E-state index contributed by atoms with van der Waals surface area (Å²) in [6.07, 6.45) is 0.862. The molecule has 0 saturated heterocycles. The van der Waals surface area contributed by atoms with Gasteiger partial charge in [-0.25, -0.2) is 0 Å². The molecule has 0 radical (unpaired) electrons. The van der Waals surface area contributed by atoms with Crippen LogP contribution in [0, 0.1) is 0 Å². The molecule has 0 aliphatic carbocycles. The van der Waals surface area contributed by atoms with Crippen LogP contribution in [0.4, 0.5) is 11.5 Å². The fourth-order valence-electron chi connectivity index (χ4n) is 1.84. The van der Waals surface area contributed by atoms with E-state index in [9.17, 15) is 4.79 Å². The summed E-state index contributed by atoms with van der Waals surface area (Å²) in [6, 6.07) is 11.3. The van der Waals surface area contributed by atoms with E-state index < -0.39 is 0 Å². The van der Waals surface area contributed by atoms with Crippen LogP contribution in [0.3, 0.4) is 0 Å². The van der Waals surface area contributed by atoms with Crippen molar-refractivity contribution in [1.82, 2.24) is 15.5 Å². The van der Waals surface area contributed by atoms with Crippen LogP contribution in [0.1, 0.15) is 23.0 Å². The first-order valence-corrected chi connectivity index (χ1v) is 6.91. The minimum atomic E-state index is -0.220. The van der Waals surface area contributed by atoms with Gasteiger partial charge in [-0.1, -0.05) is 12.1 Å². The first-order valence-electron chi connectivity index (χ1n) is 6.91. The predicted molar refractivity (Wildman–Crippen MR) is 82.5 cm³/mol. The Labute approximate surface area is 123 Å². The second-order valence-electron chi connectivity index (χ2n) is 4.52. The Morgan fingerprint density at radius 3 is 2.48 bits per heavy atom. The largest absolute Gasteiger partial charge is 0.351 e. The van der Waals surface area contributed by atoms with E-state index in [1.54, 1.807) is 12.1 Å². The highest BCUT2D eigenvalue weighted by atomic mass is 16.1. The molecule has 0 unspecified atom stereocenters. The molecule has 0 spiro atoms. The lowest BCUT2D eigenvalue weighted by Crippen LogP contribution is -2.24. The number of anilines is 2. The van der Waals surface area contributed by atoms with E-state index in [0.717, 1.165) is 12.1 Å². The minimum absolute atomic E-state index is 0.220. The molecule has 0 saturated carbocycles. The van der Waals surface area contributed by atoms with Crippen molar-refractivity contribution in [2.75, 3.05) is 18.4 Å². The van der Waals surface area contributed by atoms with Gasteiger partial charge in [-0.3, -0.25) is 4.79 Å². The average Bonchev–Trinajstić information content (AvgIpc) is 2.50. The van der Waals surface area contributed by atoms with E-state index in [2.05, 4.69) is 20.8 Å². The molecule has 2 aromatic rings. The predicted octanol–water partition coefficient (Wildman–Crippen LogP) is 1.47. The van der Waals surface area contributed by atoms with Crippen molar-refractivity contribution in [3.63, 3.8) is 0 Å². The van der Waals surface area contributed by atoms with Gasteiger partial charge in [-0.2, -0.15) is 0 Å². The molecule has 6 nitrogen and oxygen atoms in total. The molecule has 21 heavy (non-hydrogen) atoms. The lowest BCUT2D eigenvalue weighted by atomic mass is 10.1. The first kappa shape index (κ1) is 14.9. The molecule has 6 heteroatoms. The summed E-state index contributed by atoms with van der Waals surface area (Å²) >= 11 is 0. The second-order valence-corrected chi connectivity index (χ2v) is 4.52. The zero-order valence-electron chi connectivity index (χ0n) is 12.0. The molecular formula is C15H19N5O. The van der Waals surface area contributed by atoms with Crippen molar-refractivity contribution >= 4 is 17.4 Å². The maximum atomic E-state index is 11.6. The highest BCUT2D eigenvalue weighted by Gasteiger charge is 2.06. The Morgan fingerprint density at radius 1 is 1.14 bits per heavy atom. The zero-order chi connectivity index (χ0) is 15.1. The van der Waals surface area contributed by atoms with Crippen LogP contribution < -0.4 is 16.4 Å². The molecule has 0 aliphatic heterocycles. The van der Waals surface area contributed by atoms with Crippen molar-refractivity contribution in [3.8, 4) is 0 Å². The minimum Gasteiger partial charge on any atom is -0.351 e. The molecule has 1 amide bonds. The number of carbonyl (C=O) groups excluding carboxylic acids is 1. The number of nitrogens with two attached hydrogens (primary N) is 1. The molecular weight excluding hydrogens is 266 g/mol. The fraction of sp³-hybridized carbons (Fsp3) is 0.267. The zero-order valence-corrected chi connectivity index (χ0v) is 12.0. The van der Waals surface area contributed by atoms with Gasteiger partial charge < -0.3 is 16.4 Å². The van der Waals surface area contributed by atoms with Gasteiger partial charge in [0.2, 0.25) is 0 Å². The van der Waals surface area contributed by atoms with E-state index in [0.29, 0.717) is 24.6 Å². The Kier molecular flexibility index (Phi) is 5.22. The van der Waals surface area contributed by atoms with Gasteiger partial charge in [0.25, 0.3) is 5.91 Å². The molecule has 110 valence electrons. The summed E-state index contributed by atoms with van der Waals surface area (Å²) in [7, 11) is 0. The van der Waals surface area contributed by atoms with Gasteiger partial charge in [-0.15, -0.1) is 10.2 Å². The topological polar surface area (TPSA) is 92.9 Å². The Morgan fingerprint density at radius 2 is 1.90 bits per heavy atom. The lowest BCUT2D eigenvalue weighted by molar-refractivity contribution is 0.0950. The Bertz CT molecular complexity index is 580. The van der Waals surface area contributed by atoms with Gasteiger partial charge in [0.1, 0.15) is 0 Å². The highest BCUT2D eigenvalue weighted by Crippen LogP contribution is 2.15. The van der Waals surface area contributed by atoms with E-state index in [-0.39, 0.29) is 5.91 Å². The summed E-state index contributed by atoms with van der Waals surface area (Å²) < 4.78 is 0. The SMILES string of the molecule is CCNC(=O)c1ccc(Nc2ccc(CCN)cc2)nn1. The first-order chi connectivity index (χ1) is 10.2. The summed E-state index contributed by atoms with van der Waals surface area (Å²) in [5.41, 5.74) is 7.93. The van der Waals surface area contributed by atoms with Crippen molar-refractivity contribution in [2.45, 2.75) is 13.3 Å². The van der Waals surface area contributed by atoms with Gasteiger partial charge in [-0.05, 0) is 49.7 Å². The molecule has 0 atom stereocenters. The van der Waals surface area contributed by atoms with Crippen molar-refractivity contribution in [2.24, 2.45) is 5.73 Å². The molecule has 4 N–H and O–H groups in total. The lowest BCUT2D eigenvalue weighted by Gasteiger charge is -2.07. The smallest absolute Gasteiger partial charge is 0.271 e. The number of benzene rings is 1. The third-order valence-corrected chi connectivity index (χ3v) is 2.89. The number of rotatable bonds is 6. The van der Waals surface area contributed by atoms with E-state index in [1.807, 2.05) is 31.2 Å². The van der Waals surface area contributed by atoms with Crippen molar-refractivity contribution < 1.29 is 4.79 Å². The van der Waals surface area contributed by atoms with Crippen LogP contribution >= 0.6 is 0 Å². The third-order valence-electron chi connectivity index (χ3n) is 2.89. The maximum absolute atomic E-state index is 11.6. The van der Waals surface area contributed by atoms with Crippen LogP contribution in [0.25, 0.3) is 0 Å². The van der Waals surface area contributed by atoms with Crippen LogP contribution in [0.2, 0.25) is 0 Å². The molecule has 1 aromatic carbocycles. The van der Waals surface area contributed by atoms with Crippen LogP contribution in [0.15, 0.2) is 36.4 Å². The molecule has 2 rings (SSSR count). The number of nitrogens with zero attached hydrogens (tertiary/aromatic N) is 2.